The molecule has 1 aromatic rings. The van der Waals surface area contributed by atoms with Crippen molar-refractivity contribution >= 4 is 5.91 Å². The van der Waals surface area contributed by atoms with Gasteiger partial charge in [-0.25, -0.2) is 0 Å². The molecule has 0 bridgehead atoms. The summed E-state index contributed by atoms with van der Waals surface area (Å²) in [4.78, 5) is 11.7. The van der Waals surface area contributed by atoms with Crippen LogP contribution in [0.2, 0.25) is 0 Å². The van der Waals surface area contributed by atoms with Crippen LogP contribution in [0.1, 0.15) is 31.2 Å². The number of carbonyl (C=O) groups is 1. The Balaban J connectivity index is 2.00. The summed E-state index contributed by atoms with van der Waals surface area (Å²) in [5, 5.41) is 12.0. The number of hydrogen-bond acceptors (Lipinski definition) is 4. The van der Waals surface area contributed by atoms with Crippen LogP contribution in [0.25, 0.3) is 0 Å². The summed E-state index contributed by atoms with van der Waals surface area (Å²) in [5.74, 6) is 0.481. The molecule has 0 radical (unpaired) electrons. The zero-order valence-corrected chi connectivity index (χ0v) is 12.5. The number of primary amides is 1. The van der Waals surface area contributed by atoms with E-state index < -0.39 is 5.54 Å². The normalized spacial score (nSPS) is 25.5. The lowest BCUT2D eigenvalue weighted by Gasteiger charge is -2.38. The van der Waals surface area contributed by atoms with E-state index in [4.69, 9.17) is 15.6 Å². The summed E-state index contributed by atoms with van der Waals surface area (Å²) in [6.07, 6.45) is 3.83. The molecule has 2 rings (SSSR count). The first-order valence-electron chi connectivity index (χ1n) is 7.45. The van der Waals surface area contributed by atoms with Gasteiger partial charge in [0.1, 0.15) is 17.4 Å². The fraction of sp³-hybridized carbons (Fsp3) is 0.562. The van der Waals surface area contributed by atoms with Crippen molar-refractivity contribution in [3.05, 3.63) is 29.8 Å². The molecule has 1 saturated carbocycles. The molecule has 21 heavy (non-hydrogen) atoms. The lowest BCUT2D eigenvalue weighted by atomic mass is 9.79. The van der Waals surface area contributed by atoms with Crippen LogP contribution < -0.4 is 15.8 Å². The van der Waals surface area contributed by atoms with Crippen molar-refractivity contribution in [3.8, 4) is 5.75 Å². The molecule has 116 valence electrons. The molecule has 2 unspecified atom stereocenters. The van der Waals surface area contributed by atoms with Crippen molar-refractivity contribution in [1.82, 2.24) is 5.32 Å². The highest BCUT2D eigenvalue weighted by Crippen LogP contribution is 2.31. The minimum absolute atomic E-state index is 0.0117. The highest BCUT2D eigenvalue weighted by Gasteiger charge is 2.40. The van der Waals surface area contributed by atoms with E-state index in [0.29, 0.717) is 12.8 Å². The predicted octanol–water partition coefficient (Wildman–Crippen LogP) is 0.986. The third-order valence-corrected chi connectivity index (χ3v) is 4.28. The van der Waals surface area contributed by atoms with Crippen molar-refractivity contribution in [1.29, 1.82) is 0 Å². The van der Waals surface area contributed by atoms with Crippen LogP contribution in [-0.4, -0.2) is 36.3 Å². The van der Waals surface area contributed by atoms with Crippen molar-refractivity contribution in [2.75, 3.05) is 13.7 Å². The molecular formula is C16H24N2O3. The van der Waals surface area contributed by atoms with E-state index in [-0.39, 0.29) is 18.6 Å². The maximum Gasteiger partial charge on any atom is 0.237 e. The van der Waals surface area contributed by atoms with Gasteiger partial charge in [0.05, 0.1) is 0 Å². The van der Waals surface area contributed by atoms with Gasteiger partial charge in [-0.2, -0.15) is 0 Å². The number of aliphatic hydroxyl groups is 1. The summed E-state index contributed by atoms with van der Waals surface area (Å²) in [6.45, 7) is 0.145. The average molecular weight is 292 g/mol. The van der Waals surface area contributed by atoms with Crippen LogP contribution in [0.3, 0.4) is 0 Å². The van der Waals surface area contributed by atoms with Crippen LogP contribution in [0.5, 0.6) is 5.75 Å². The minimum Gasteiger partial charge on any atom is -0.490 e. The molecule has 1 fully saturated rings. The van der Waals surface area contributed by atoms with E-state index in [1.165, 1.54) is 0 Å². The van der Waals surface area contributed by atoms with Crippen molar-refractivity contribution in [3.63, 3.8) is 0 Å². The Morgan fingerprint density at radius 3 is 2.76 bits per heavy atom. The van der Waals surface area contributed by atoms with Crippen LogP contribution >= 0.6 is 0 Å². The van der Waals surface area contributed by atoms with Gasteiger partial charge in [-0.3, -0.25) is 4.79 Å². The van der Waals surface area contributed by atoms with E-state index in [0.717, 1.165) is 30.6 Å². The van der Waals surface area contributed by atoms with Crippen LogP contribution in [-0.2, 0) is 11.2 Å². The average Bonchev–Trinajstić information content (AvgIpc) is 2.49. The molecule has 4 N–H and O–H groups in total. The number of ether oxygens (including phenoxy) is 1. The molecule has 0 spiro atoms. The quantitative estimate of drug-likeness (QED) is 0.730. The van der Waals surface area contributed by atoms with Gasteiger partial charge >= 0.3 is 0 Å². The first-order valence-corrected chi connectivity index (χ1v) is 7.45. The number of benzene rings is 1. The third kappa shape index (κ3) is 3.74. The van der Waals surface area contributed by atoms with Crippen molar-refractivity contribution in [2.45, 2.75) is 43.7 Å². The largest absolute Gasteiger partial charge is 0.490 e. The number of nitrogens with two attached hydrogens (primary N) is 1. The lowest BCUT2D eigenvalue weighted by Crippen LogP contribution is -2.58. The van der Waals surface area contributed by atoms with E-state index in [9.17, 15) is 4.79 Å². The molecule has 1 aliphatic carbocycles. The molecule has 0 heterocycles. The van der Waals surface area contributed by atoms with E-state index >= 15 is 0 Å². The molecule has 5 nitrogen and oxygen atoms in total. The predicted molar refractivity (Wildman–Crippen MR) is 81.1 cm³/mol. The second-order valence-electron chi connectivity index (χ2n) is 5.65. The SMILES string of the molecule is CNC1(C(N)=O)CCCC(Oc2ccc(CCO)cc2)C1. The lowest BCUT2D eigenvalue weighted by molar-refractivity contribution is -0.126. The first-order chi connectivity index (χ1) is 10.1. The number of carbonyl (C=O) groups excluding carboxylic acids is 1. The summed E-state index contributed by atoms with van der Waals surface area (Å²) >= 11 is 0. The van der Waals surface area contributed by atoms with Crippen LogP contribution in [0, 0.1) is 0 Å². The number of rotatable bonds is 6. The van der Waals surface area contributed by atoms with Gasteiger partial charge in [-0.15, -0.1) is 0 Å². The Morgan fingerprint density at radius 1 is 1.48 bits per heavy atom. The Bertz CT molecular complexity index is 475. The minimum atomic E-state index is -0.653. The van der Waals surface area contributed by atoms with Crippen LogP contribution in [0.15, 0.2) is 24.3 Å². The maximum absolute atomic E-state index is 11.7. The summed E-state index contributed by atoms with van der Waals surface area (Å²) < 4.78 is 5.99. The molecule has 1 amide bonds. The molecule has 0 saturated heterocycles. The Hall–Kier alpha value is -1.59. The fourth-order valence-electron chi connectivity index (χ4n) is 2.96. The van der Waals surface area contributed by atoms with Gasteiger partial charge in [0.2, 0.25) is 5.91 Å². The number of likely N-dealkylation sites (N-methyl/N-ethyl adjacent to an activating group) is 1. The standard InChI is InChI=1S/C16H24N2O3/c1-18-16(15(17)20)9-2-3-14(11-16)21-13-6-4-12(5-7-13)8-10-19/h4-7,14,18-19H,2-3,8-11H2,1H3,(H2,17,20). The molecular weight excluding hydrogens is 268 g/mol. The molecule has 1 aromatic carbocycles. The van der Waals surface area contributed by atoms with E-state index in [1.54, 1.807) is 7.05 Å². The second kappa shape index (κ2) is 6.91. The maximum atomic E-state index is 11.7. The number of hydrogen-bond donors (Lipinski definition) is 3. The van der Waals surface area contributed by atoms with Gasteiger partial charge in [0.15, 0.2) is 0 Å². The molecule has 0 aliphatic heterocycles. The topological polar surface area (TPSA) is 84.6 Å². The number of amides is 1. The molecule has 2 atom stereocenters. The van der Waals surface area contributed by atoms with Crippen LogP contribution in [0.4, 0.5) is 0 Å². The van der Waals surface area contributed by atoms with Gasteiger partial charge in [-0.1, -0.05) is 12.1 Å². The van der Waals surface area contributed by atoms with E-state index in [1.807, 2.05) is 24.3 Å². The summed E-state index contributed by atoms with van der Waals surface area (Å²) in [7, 11) is 1.77. The van der Waals surface area contributed by atoms with Crippen molar-refractivity contribution < 1.29 is 14.6 Å². The summed E-state index contributed by atoms with van der Waals surface area (Å²) in [6, 6.07) is 7.72. The van der Waals surface area contributed by atoms with Crippen molar-refractivity contribution in [2.24, 2.45) is 5.73 Å². The summed E-state index contributed by atoms with van der Waals surface area (Å²) in [5.41, 5.74) is 5.97. The number of aliphatic hydroxyl groups excluding tert-OH is 1. The molecule has 1 aliphatic rings. The number of nitrogens with one attached hydrogen (secondary N) is 1. The Morgan fingerprint density at radius 2 is 2.19 bits per heavy atom. The monoisotopic (exact) mass is 292 g/mol. The Labute approximate surface area is 125 Å². The van der Waals surface area contributed by atoms with Gasteiger partial charge in [0, 0.05) is 13.0 Å². The Kier molecular flexibility index (Phi) is 5.20. The fourth-order valence-corrected chi connectivity index (χ4v) is 2.96. The van der Waals surface area contributed by atoms with E-state index in [2.05, 4.69) is 5.32 Å². The second-order valence-corrected chi connectivity index (χ2v) is 5.65. The van der Waals surface area contributed by atoms with Gasteiger partial charge in [-0.05, 0) is 50.4 Å². The third-order valence-electron chi connectivity index (χ3n) is 4.28. The van der Waals surface area contributed by atoms with Gasteiger partial charge < -0.3 is 20.9 Å². The van der Waals surface area contributed by atoms with Gasteiger partial charge in [0.25, 0.3) is 0 Å². The highest BCUT2D eigenvalue weighted by atomic mass is 16.5. The highest BCUT2D eigenvalue weighted by molar-refractivity contribution is 5.84. The smallest absolute Gasteiger partial charge is 0.237 e. The molecule has 0 aromatic heterocycles. The molecule has 5 heteroatoms. The zero-order valence-electron chi connectivity index (χ0n) is 12.5. The zero-order chi connectivity index (χ0) is 15.3. The first kappa shape index (κ1) is 15.8.